The van der Waals surface area contributed by atoms with Crippen molar-refractivity contribution in [3.05, 3.63) is 109 Å². The van der Waals surface area contributed by atoms with Crippen molar-refractivity contribution in [2.75, 3.05) is 13.2 Å². The van der Waals surface area contributed by atoms with Gasteiger partial charge >= 0.3 is 5.97 Å². The molecule has 1 saturated heterocycles. The highest BCUT2D eigenvalue weighted by Gasteiger charge is 2.53. The van der Waals surface area contributed by atoms with Crippen molar-refractivity contribution >= 4 is 39.1 Å². The van der Waals surface area contributed by atoms with Gasteiger partial charge in [0, 0.05) is 50.3 Å². The van der Waals surface area contributed by atoms with E-state index in [1.807, 2.05) is 32.0 Å². The van der Waals surface area contributed by atoms with Crippen LogP contribution in [0.2, 0.25) is 5.02 Å². The van der Waals surface area contributed by atoms with Gasteiger partial charge in [0.2, 0.25) is 0 Å². The predicted molar refractivity (Wildman–Crippen MR) is 193 cm³/mol. The first-order valence-electron chi connectivity index (χ1n) is 17.3. The Bertz CT molecular complexity index is 2210. The van der Waals surface area contributed by atoms with Crippen molar-refractivity contribution in [2.24, 2.45) is 0 Å². The second-order valence-corrected chi connectivity index (χ2v) is 15.3. The molecule has 50 heavy (non-hydrogen) atoms. The van der Waals surface area contributed by atoms with Crippen LogP contribution in [0.15, 0.2) is 58.7 Å². The highest BCUT2D eigenvalue weighted by atomic mass is 35.5. The van der Waals surface area contributed by atoms with Gasteiger partial charge in [-0.25, -0.2) is 14.2 Å². The van der Waals surface area contributed by atoms with Crippen molar-refractivity contribution in [3.8, 4) is 16.9 Å². The van der Waals surface area contributed by atoms with Gasteiger partial charge in [-0.3, -0.25) is 19.2 Å². The van der Waals surface area contributed by atoms with Crippen molar-refractivity contribution < 1.29 is 19.0 Å². The summed E-state index contributed by atoms with van der Waals surface area (Å²) < 4.78 is 23.1. The number of rotatable bonds is 8. The van der Waals surface area contributed by atoms with E-state index in [1.165, 1.54) is 17.4 Å². The smallest absolute Gasteiger partial charge is 0.338 e. The molecular weight excluding hydrogens is 675 g/mol. The molecule has 0 unspecified atom stereocenters. The summed E-state index contributed by atoms with van der Waals surface area (Å²) in [6, 6.07) is 14.6. The fourth-order valence-electron chi connectivity index (χ4n) is 8.31. The van der Waals surface area contributed by atoms with Crippen LogP contribution in [0.3, 0.4) is 0 Å². The first-order valence-corrected chi connectivity index (χ1v) is 18.5. The minimum atomic E-state index is -1.02. The SMILES string of the molecule is Cc1cc(-c2cc(Cl)ccc2OCCn2c(C)nc3c(c2=O)C[C@H](N2CCCC[C@@H]2c2cccc(F)c2)CC32CC2)c2scc(C(=O)O)c2n1. The van der Waals surface area contributed by atoms with Gasteiger partial charge in [-0.2, -0.15) is 0 Å². The summed E-state index contributed by atoms with van der Waals surface area (Å²) in [5.74, 6) is 0.0248. The molecule has 4 heterocycles. The van der Waals surface area contributed by atoms with Crippen LogP contribution in [0.4, 0.5) is 4.39 Å². The molecule has 2 atom stereocenters. The van der Waals surface area contributed by atoms with Crippen LogP contribution in [0.25, 0.3) is 21.3 Å². The number of benzene rings is 2. The maximum atomic E-state index is 14.3. The van der Waals surface area contributed by atoms with Crippen LogP contribution in [0.5, 0.6) is 5.75 Å². The molecule has 2 fully saturated rings. The number of halogens is 2. The summed E-state index contributed by atoms with van der Waals surface area (Å²) in [5, 5.41) is 11.8. The zero-order chi connectivity index (χ0) is 34.7. The molecule has 5 aromatic rings. The van der Waals surface area contributed by atoms with E-state index in [1.54, 1.807) is 34.2 Å². The first kappa shape index (κ1) is 33.0. The fourth-order valence-corrected chi connectivity index (χ4v) is 9.49. The lowest BCUT2D eigenvalue weighted by atomic mass is 9.79. The quantitative estimate of drug-likeness (QED) is 0.173. The molecule has 3 aliphatic rings. The largest absolute Gasteiger partial charge is 0.491 e. The number of piperidine rings is 1. The van der Waals surface area contributed by atoms with Gasteiger partial charge in [-0.1, -0.05) is 30.2 Å². The molecule has 8 nitrogen and oxygen atoms in total. The summed E-state index contributed by atoms with van der Waals surface area (Å²) in [5.41, 5.74) is 5.53. The Morgan fingerprint density at radius 3 is 2.74 bits per heavy atom. The summed E-state index contributed by atoms with van der Waals surface area (Å²) in [4.78, 5) is 38.3. The number of hydrogen-bond donors (Lipinski definition) is 1. The topological polar surface area (TPSA) is 97.6 Å². The third-order valence-corrected chi connectivity index (χ3v) is 12.0. The number of nitrogens with zero attached hydrogens (tertiary/aromatic N) is 4. The molecule has 0 radical (unpaired) electrons. The van der Waals surface area contributed by atoms with Gasteiger partial charge in [0.1, 0.15) is 24.0 Å². The Balaban J connectivity index is 1.07. The maximum absolute atomic E-state index is 14.3. The Morgan fingerprint density at radius 1 is 1.12 bits per heavy atom. The number of hydrogen-bond acceptors (Lipinski definition) is 7. The molecule has 2 aromatic carbocycles. The summed E-state index contributed by atoms with van der Waals surface area (Å²) >= 11 is 7.79. The summed E-state index contributed by atoms with van der Waals surface area (Å²) in [7, 11) is 0. The van der Waals surface area contributed by atoms with Crippen LogP contribution in [0.1, 0.15) is 83.3 Å². The third kappa shape index (κ3) is 5.91. The normalized spacial score (nSPS) is 19.8. The molecule has 1 aliphatic heterocycles. The summed E-state index contributed by atoms with van der Waals surface area (Å²) in [6.45, 7) is 5.20. The van der Waals surface area contributed by atoms with Crippen LogP contribution >= 0.6 is 22.9 Å². The number of carboxylic acid groups (broad SMARTS) is 1. The third-order valence-electron chi connectivity index (χ3n) is 10.8. The van der Waals surface area contributed by atoms with Crippen molar-refractivity contribution in [3.63, 3.8) is 0 Å². The molecule has 1 saturated carbocycles. The Hall–Kier alpha value is -4.12. The van der Waals surface area contributed by atoms with E-state index in [2.05, 4.69) is 9.88 Å². The standard InChI is InChI=1S/C39H38ClFN4O4S/c1-22-16-29(35-34(42-22)31(21-50-35)38(47)48)28-18-25(40)9-10-33(28)49-15-14-44-23(2)43-36-30(37(44)46)19-27(20-39(36)11-12-39)45-13-4-3-8-32(45)24-6-5-7-26(41)17-24/h5-7,9-10,16-18,21,27,32H,3-4,8,11-15,19-20H2,1-2H3,(H,47,48)/t27-,32+/m0/s1. The predicted octanol–water partition coefficient (Wildman–Crippen LogP) is 8.28. The van der Waals surface area contributed by atoms with Gasteiger partial charge in [0.15, 0.2) is 0 Å². The van der Waals surface area contributed by atoms with Gasteiger partial charge < -0.3 is 9.84 Å². The number of aryl methyl sites for hydroxylation is 2. The van der Waals surface area contributed by atoms with Crippen molar-refractivity contribution in [1.29, 1.82) is 0 Å². The molecule has 8 rings (SSSR count). The lowest BCUT2D eigenvalue weighted by molar-refractivity contribution is 0.0699. The highest BCUT2D eigenvalue weighted by Crippen LogP contribution is 2.55. The lowest BCUT2D eigenvalue weighted by Crippen LogP contribution is -2.49. The molecule has 258 valence electrons. The van der Waals surface area contributed by atoms with Crippen LogP contribution in [-0.2, 0) is 18.4 Å². The fraction of sp³-hybridized carbons (Fsp3) is 0.385. The Labute approximate surface area is 298 Å². The van der Waals surface area contributed by atoms with Gasteiger partial charge in [-0.05, 0) is 101 Å². The van der Waals surface area contributed by atoms with Gasteiger partial charge in [-0.15, -0.1) is 11.3 Å². The van der Waals surface area contributed by atoms with E-state index in [4.69, 9.17) is 21.3 Å². The molecule has 0 bridgehead atoms. The minimum Gasteiger partial charge on any atom is -0.491 e. The van der Waals surface area contributed by atoms with Crippen LogP contribution in [0, 0.1) is 19.7 Å². The number of likely N-dealkylation sites (tertiary alicyclic amines) is 1. The minimum absolute atomic E-state index is 0.00558. The molecule has 2 aliphatic carbocycles. The van der Waals surface area contributed by atoms with Crippen molar-refractivity contribution in [2.45, 2.75) is 82.8 Å². The van der Waals surface area contributed by atoms with Crippen LogP contribution in [-0.4, -0.2) is 49.7 Å². The second kappa shape index (κ2) is 12.9. The molecule has 1 N–H and O–H groups in total. The molecule has 3 aromatic heterocycles. The maximum Gasteiger partial charge on any atom is 0.338 e. The number of pyridine rings is 1. The van der Waals surface area contributed by atoms with E-state index in [9.17, 15) is 19.1 Å². The average Bonchev–Trinajstić information content (AvgIpc) is 3.73. The monoisotopic (exact) mass is 712 g/mol. The number of fused-ring (bicyclic) bond motifs is 3. The zero-order valence-electron chi connectivity index (χ0n) is 28.0. The van der Waals surface area contributed by atoms with E-state index in [0.717, 1.165) is 77.7 Å². The molecule has 0 amide bonds. The van der Waals surface area contributed by atoms with Crippen molar-refractivity contribution in [1.82, 2.24) is 19.4 Å². The van der Waals surface area contributed by atoms with Gasteiger partial charge in [0.05, 0.1) is 28.0 Å². The zero-order valence-corrected chi connectivity index (χ0v) is 29.6. The van der Waals surface area contributed by atoms with E-state index in [-0.39, 0.29) is 41.0 Å². The lowest BCUT2D eigenvalue weighted by Gasteiger charge is -2.45. The number of thiophene rings is 1. The second-order valence-electron chi connectivity index (χ2n) is 14.0. The number of ether oxygens (including phenoxy) is 1. The molecule has 11 heteroatoms. The van der Waals surface area contributed by atoms with Gasteiger partial charge in [0.25, 0.3) is 5.56 Å². The highest BCUT2D eigenvalue weighted by molar-refractivity contribution is 7.18. The molecular formula is C39H38ClFN4O4S. The van der Waals surface area contributed by atoms with E-state index in [0.29, 0.717) is 40.8 Å². The average molecular weight is 713 g/mol. The number of carbonyl (C=O) groups is 1. The Kier molecular flexibility index (Phi) is 8.52. The number of carboxylic acids is 1. The van der Waals surface area contributed by atoms with Crippen LogP contribution < -0.4 is 10.3 Å². The Morgan fingerprint density at radius 2 is 1.96 bits per heavy atom. The van der Waals surface area contributed by atoms with E-state index >= 15 is 0 Å². The molecule has 1 spiro atoms. The first-order chi connectivity index (χ1) is 24.1. The number of aromatic nitrogens is 3. The van der Waals surface area contributed by atoms with E-state index < -0.39 is 5.97 Å². The summed E-state index contributed by atoms with van der Waals surface area (Å²) in [6.07, 6.45) is 6.87. The number of aromatic carboxylic acids is 1.